The molecule has 0 aliphatic heterocycles. The van der Waals surface area contributed by atoms with E-state index in [-0.39, 0.29) is 0 Å². The van der Waals surface area contributed by atoms with E-state index in [4.69, 9.17) is 4.98 Å². The zero-order chi connectivity index (χ0) is 19.8. The highest BCUT2D eigenvalue weighted by Gasteiger charge is 2.18. The fraction of sp³-hybridized carbons (Fsp3) is 0.333. The Morgan fingerprint density at radius 1 is 1.04 bits per heavy atom. The summed E-state index contributed by atoms with van der Waals surface area (Å²) >= 11 is 1.81. The number of hydrogen-bond donors (Lipinski definition) is 0. The molecule has 3 nitrogen and oxygen atoms in total. The van der Waals surface area contributed by atoms with Crippen LogP contribution < -0.4 is 0 Å². The molecule has 4 heteroatoms. The van der Waals surface area contributed by atoms with E-state index in [1.165, 1.54) is 32.0 Å². The van der Waals surface area contributed by atoms with E-state index in [9.17, 15) is 0 Å². The van der Waals surface area contributed by atoms with Crippen LogP contribution in [0.25, 0.3) is 32.0 Å². The van der Waals surface area contributed by atoms with Crippen LogP contribution in [0.4, 0.5) is 0 Å². The Morgan fingerprint density at radius 2 is 1.82 bits per heavy atom. The number of fused-ring (bicyclic) bond motifs is 1. The lowest BCUT2D eigenvalue weighted by atomic mass is 10.1. The van der Waals surface area contributed by atoms with Gasteiger partial charge in [-0.1, -0.05) is 19.9 Å². The number of aryl methyl sites for hydroxylation is 3. The number of pyridine rings is 2. The SMILES string of the molecule is CCC(CC)n1cc(C)c2nc(-c3sc(-c4cccnc4)cc3C)c(C)cc21. The van der Waals surface area contributed by atoms with Crippen molar-refractivity contribution in [1.82, 2.24) is 14.5 Å². The van der Waals surface area contributed by atoms with Crippen molar-refractivity contribution in [3.8, 4) is 21.0 Å². The van der Waals surface area contributed by atoms with E-state index in [0.717, 1.165) is 29.6 Å². The monoisotopic (exact) mass is 389 g/mol. The van der Waals surface area contributed by atoms with Gasteiger partial charge < -0.3 is 4.57 Å². The summed E-state index contributed by atoms with van der Waals surface area (Å²) in [5.74, 6) is 0. The molecule has 28 heavy (non-hydrogen) atoms. The largest absolute Gasteiger partial charge is 0.343 e. The smallest absolute Gasteiger partial charge is 0.0918 e. The maximum absolute atomic E-state index is 5.16. The van der Waals surface area contributed by atoms with E-state index < -0.39 is 0 Å². The lowest BCUT2D eigenvalue weighted by Gasteiger charge is -2.16. The van der Waals surface area contributed by atoms with Crippen LogP contribution >= 0.6 is 11.3 Å². The maximum Gasteiger partial charge on any atom is 0.0918 e. The summed E-state index contributed by atoms with van der Waals surface area (Å²) < 4.78 is 2.43. The van der Waals surface area contributed by atoms with Gasteiger partial charge in [-0.2, -0.15) is 0 Å². The molecule has 0 saturated carbocycles. The standard InChI is InChI=1S/C24H27N3S/c1-6-19(7-2)27-14-17(5)22-20(27)11-15(3)23(26-22)24-16(4)12-21(28-24)18-9-8-10-25-13-18/h8-14,19H,6-7H2,1-5H3. The topological polar surface area (TPSA) is 30.7 Å². The minimum absolute atomic E-state index is 0.531. The van der Waals surface area contributed by atoms with Gasteiger partial charge in [0.2, 0.25) is 0 Å². The van der Waals surface area contributed by atoms with Gasteiger partial charge in [0.15, 0.2) is 0 Å². The van der Waals surface area contributed by atoms with Crippen LogP contribution in [0.1, 0.15) is 49.4 Å². The van der Waals surface area contributed by atoms with E-state index in [1.54, 1.807) is 0 Å². The van der Waals surface area contributed by atoms with E-state index in [1.807, 2.05) is 29.8 Å². The summed E-state index contributed by atoms with van der Waals surface area (Å²) in [7, 11) is 0. The van der Waals surface area contributed by atoms with Crippen LogP contribution in [0.2, 0.25) is 0 Å². The van der Waals surface area contributed by atoms with Crippen molar-refractivity contribution >= 4 is 22.4 Å². The second-order valence-corrected chi connectivity index (χ2v) is 8.63. The first-order valence-electron chi connectivity index (χ1n) is 10.0. The average Bonchev–Trinajstić information content (AvgIpc) is 3.23. The van der Waals surface area contributed by atoms with Gasteiger partial charge in [-0.15, -0.1) is 11.3 Å². The molecule has 4 heterocycles. The van der Waals surface area contributed by atoms with Crippen molar-refractivity contribution in [2.24, 2.45) is 0 Å². The quantitative estimate of drug-likeness (QED) is 0.364. The average molecular weight is 390 g/mol. The number of hydrogen-bond acceptors (Lipinski definition) is 3. The first-order chi connectivity index (χ1) is 13.5. The molecule has 0 unspecified atom stereocenters. The lowest BCUT2D eigenvalue weighted by Crippen LogP contribution is -2.05. The molecule has 0 saturated heterocycles. The molecule has 0 aliphatic carbocycles. The van der Waals surface area contributed by atoms with E-state index in [2.05, 4.69) is 68.6 Å². The highest BCUT2D eigenvalue weighted by atomic mass is 32.1. The molecule has 0 amide bonds. The summed E-state index contributed by atoms with van der Waals surface area (Å²) in [5, 5.41) is 0. The van der Waals surface area contributed by atoms with Crippen molar-refractivity contribution in [2.75, 3.05) is 0 Å². The maximum atomic E-state index is 5.16. The number of aromatic nitrogens is 3. The normalized spacial score (nSPS) is 11.6. The van der Waals surface area contributed by atoms with Gasteiger partial charge in [0.05, 0.1) is 21.6 Å². The summed E-state index contributed by atoms with van der Waals surface area (Å²) in [6.07, 6.45) is 8.30. The van der Waals surface area contributed by atoms with Gasteiger partial charge in [-0.3, -0.25) is 4.98 Å². The Kier molecular flexibility index (Phi) is 5.07. The fourth-order valence-electron chi connectivity index (χ4n) is 4.01. The second-order valence-electron chi connectivity index (χ2n) is 7.58. The molecule has 0 N–H and O–H groups in total. The Hall–Kier alpha value is -2.46. The first-order valence-corrected chi connectivity index (χ1v) is 10.8. The first kappa shape index (κ1) is 18.9. The summed E-state index contributed by atoms with van der Waals surface area (Å²) in [6, 6.07) is 9.22. The Morgan fingerprint density at radius 3 is 2.50 bits per heavy atom. The molecular weight excluding hydrogens is 362 g/mol. The molecular formula is C24H27N3S. The minimum Gasteiger partial charge on any atom is -0.343 e. The Bertz CT molecular complexity index is 1120. The molecule has 0 bridgehead atoms. The minimum atomic E-state index is 0.531. The van der Waals surface area contributed by atoms with Crippen molar-refractivity contribution in [3.63, 3.8) is 0 Å². The fourth-order valence-corrected chi connectivity index (χ4v) is 5.22. The third-order valence-corrected chi connectivity index (χ3v) is 6.89. The Labute approximate surface area is 171 Å². The van der Waals surface area contributed by atoms with Gasteiger partial charge in [0.1, 0.15) is 0 Å². The molecule has 0 aromatic carbocycles. The number of thiophene rings is 1. The molecule has 0 aliphatic rings. The van der Waals surface area contributed by atoms with E-state index in [0.29, 0.717) is 6.04 Å². The molecule has 144 valence electrons. The molecule has 0 fully saturated rings. The zero-order valence-corrected chi connectivity index (χ0v) is 18.1. The summed E-state index contributed by atoms with van der Waals surface area (Å²) in [4.78, 5) is 11.9. The van der Waals surface area contributed by atoms with Gasteiger partial charge >= 0.3 is 0 Å². The summed E-state index contributed by atoms with van der Waals surface area (Å²) in [5.41, 5.74) is 8.42. The van der Waals surface area contributed by atoms with Crippen LogP contribution in [0.5, 0.6) is 0 Å². The van der Waals surface area contributed by atoms with Crippen LogP contribution in [-0.2, 0) is 0 Å². The van der Waals surface area contributed by atoms with Gasteiger partial charge in [-0.05, 0) is 68.5 Å². The summed E-state index contributed by atoms with van der Waals surface area (Å²) in [6.45, 7) is 11.1. The van der Waals surface area contributed by atoms with Crippen LogP contribution in [0, 0.1) is 20.8 Å². The lowest BCUT2D eigenvalue weighted by molar-refractivity contribution is 0.485. The second kappa shape index (κ2) is 7.51. The number of rotatable bonds is 5. The van der Waals surface area contributed by atoms with Crippen molar-refractivity contribution in [1.29, 1.82) is 0 Å². The Balaban J connectivity index is 1.86. The molecule has 0 atom stereocenters. The third-order valence-electron chi connectivity index (χ3n) is 5.59. The molecule has 4 aromatic rings. The third kappa shape index (κ3) is 3.16. The van der Waals surface area contributed by atoms with Crippen LogP contribution in [0.3, 0.4) is 0 Å². The number of nitrogens with zero attached hydrogens (tertiary/aromatic N) is 3. The van der Waals surface area contributed by atoms with E-state index >= 15 is 0 Å². The molecule has 4 aromatic heterocycles. The van der Waals surface area contributed by atoms with Gasteiger partial charge in [0, 0.05) is 35.1 Å². The van der Waals surface area contributed by atoms with Crippen molar-refractivity contribution < 1.29 is 0 Å². The van der Waals surface area contributed by atoms with Crippen molar-refractivity contribution in [3.05, 3.63) is 59.5 Å². The van der Waals surface area contributed by atoms with Crippen molar-refractivity contribution in [2.45, 2.75) is 53.5 Å². The van der Waals surface area contributed by atoms with Crippen LogP contribution in [0.15, 0.2) is 42.9 Å². The zero-order valence-electron chi connectivity index (χ0n) is 17.3. The molecule has 4 rings (SSSR count). The predicted molar refractivity (Wildman–Crippen MR) is 120 cm³/mol. The van der Waals surface area contributed by atoms with Gasteiger partial charge in [0.25, 0.3) is 0 Å². The predicted octanol–water partition coefficient (Wildman–Crippen LogP) is 7.11. The van der Waals surface area contributed by atoms with Crippen LogP contribution in [-0.4, -0.2) is 14.5 Å². The molecule has 0 spiro atoms. The highest BCUT2D eigenvalue weighted by Crippen LogP contribution is 2.39. The van der Waals surface area contributed by atoms with Gasteiger partial charge in [-0.25, -0.2) is 4.98 Å². The highest BCUT2D eigenvalue weighted by molar-refractivity contribution is 7.19. The molecule has 0 radical (unpaired) electrons.